The highest BCUT2D eigenvalue weighted by Gasteiger charge is 2.04. The van der Waals surface area contributed by atoms with E-state index in [1.165, 1.54) is 12.1 Å². The van der Waals surface area contributed by atoms with Gasteiger partial charge in [0, 0.05) is 13.7 Å². The van der Waals surface area contributed by atoms with E-state index < -0.39 is 0 Å². The highest BCUT2D eigenvalue weighted by atomic mass is 35.5. The van der Waals surface area contributed by atoms with Gasteiger partial charge in [0.15, 0.2) is 0 Å². The molecule has 84 valence electrons. The van der Waals surface area contributed by atoms with Crippen LogP contribution in [0.5, 0.6) is 0 Å². The van der Waals surface area contributed by atoms with Crippen molar-refractivity contribution >= 4 is 17.3 Å². The summed E-state index contributed by atoms with van der Waals surface area (Å²) in [6.45, 7) is 3.42. The van der Waals surface area contributed by atoms with Gasteiger partial charge in [-0.1, -0.05) is 18.5 Å². The maximum atomic E-state index is 12.9. The van der Waals surface area contributed by atoms with Crippen molar-refractivity contribution in [3.05, 3.63) is 29.0 Å². The molecule has 1 aromatic rings. The van der Waals surface area contributed by atoms with E-state index in [2.05, 4.69) is 5.32 Å². The van der Waals surface area contributed by atoms with Crippen molar-refractivity contribution in [2.45, 2.75) is 6.92 Å². The van der Waals surface area contributed by atoms with Gasteiger partial charge >= 0.3 is 0 Å². The number of halogens is 2. The van der Waals surface area contributed by atoms with Crippen LogP contribution in [-0.4, -0.2) is 20.3 Å². The number of hydrogen-bond acceptors (Lipinski definition) is 2. The van der Waals surface area contributed by atoms with E-state index in [1.54, 1.807) is 13.2 Å². The zero-order chi connectivity index (χ0) is 11.3. The van der Waals surface area contributed by atoms with Gasteiger partial charge in [-0.2, -0.15) is 0 Å². The number of methoxy groups -OCH3 is 1. The van der Waals surface area contributed by atoms with E-state index in [9.17, 15) is 4.39 Å². The van der Waals surface area contributed by atoms with E-state index in [-0.39, 0.29) is 5.82 Å². The summed E-state index contributed by atoms with van der Waals surface area (Å²) in [6, 6.07) is 4.27. The van der Waals surface area contributed by atoms with Crippen LogP contribution in [0.4, 0.5) is 10.1 Å². The Morgan fingerprint density at radius 2 is 2.27 bits per heavy atom. The van der Waals surface area contributed by atoms with Crippen LogP contribution < -0.4 is 5.32 Å². The second-order valence-electron chi connectivity index (χ2n) is 3.57. The third kappa shape index (κ3) is 4.06. The SMILES string of the molecule is COCC(C)CNc1cc(F)ccc1Cl. The highest BCUT2D eigenvalue weighted by molar-refractivity contribution is 6.33. The van der Waals surface area contributed by atoms with Gasteiger partial charge in [0.05, 0.1) is 17.3 Å². The molecule has 1 N–H and O–H groups in total. The lowest BCUT2D eigenvalue weighted by atomic mass is 10.2. The average Bonchev–Trinajstić information content (AvgIpc) is 2.20. The van der Waals surface area contributed by atoms with E-state index in [1.807, 2.05) is 6.92 Å². The molecule has 0 radical (unpaired) electrons. The van der Waals surface area contributed by atoms with Gasteiger partial charge in [-0.3, -0.25) is 0 Å². The minimum absolute atomic E-state index is 0.290. The molecule has 2 nitrogen and oxygen atoms in total. The second kappa shape index (κ2) is 5.93. The smallest absolute Gasteiger partial charge is 0.125 e. The van der Waals surface area contributed by atoms with Crippen LogP contribution in [0.2, 0.25) is 5.02 Å². The standard InChI is InChI=1S/C11H15ClFNO/c1-8(7-15-2)6-14-11-5-9(13)3-4-10(11)12/h3-5,8,14H,6-7H2,1-2H3. The van der Waals surface area contributed by atoms with Crippen LogP contribution in [-0.2, 0) is 4.74 Å². The maximum absolute atomic E-state index is 12.9. The van der Waals surface area contributed by atoms with Crippen LogP contribution in [0.3, 0.4) is 0 Å². The molecule has 0 aliphatic carbocycles. The molecule has 0 aromatic heterocycles. The Morgan fingerprint density at radius 3 is 2.93 bits per heavy atom. The van der Waals surface area contributed by atoms with Crippen molar-refractivity contribution in [1.82, 2.24) is 0 Å². The van der Waals surface area contributed by atoms with Crippen LogP contribution in [0.15, 0.2) is 18.2 Å². The molecule has 4 heteroatoms. The van der Waals surface area contributed by atoms with Gasteiger partial charge in [0.1, 0.15) is 5.82 Å². The Balaban J connectivity index is 2.53. The van der Waals surface area contributed by atoms with E-state index in [4.69, 9.17) is 16.3 Å². The van der Waals surface area contributed by atoms with Gasteiger partial charge in [0.25, 0.3) is 0 Å². The maximum Gasteiger partial charge on any atom is 0.125 e. The molecule has 1 atom stereocenters. The molecule has 0 heterocycles. The van der Waals surface area contributed by atoms with Gasteiger partial charge in [-0.25, -0.2) is 4.39 Å². The molecule has 0 aliphatic rings. The first-order valence-electron chi connectivity index (χ1n) is 4.81. The normalized spacial score (nSPS) is 12.5. The van der Waals surface area contributed by atoms with Crippen LogP contribution in [0.1, 0.15) is 6.92 Å². The first-order chi connectivity index (χ1) is 7.13. The third-order valence-electron chi connectivity index (χ3n) is 2.02. The summed E-state index contributed by atoms with van der Waals surface area (Å²) in [7, 11) is 1.66. The fraction of sp³-hybridized carbons (Fsp3) is 0.455. The largest absolute Gasteiger partial charge is 0.384 e. The minimum atomic E-state index is -0.290. The summed E-state index contributed by atoms with van der Waals surface area (Å²) < 4.78 is 17.9. The Hall–Kier alpha value is -0.800. The summed E-state index contributed by atoms with van der Waals surface area (Å²) in [5.74, 6) is 0.0654. The zero-order valence-corrected chi connectivity index (χ0v) is 9.64. The van der Waals surface area contributed by atoms with E-state index in [0.29, 0.717) is 29.8 Å². The lowest BCUT2D eigenvalue weighted by Crippen LogP contribution is -2.16. The predicted octanol–water partition coefficient (Wildman–Crippen LogP) is 3.17. The minimum Gasteiger partial charge on any atom is -0.384 e. The molecule has 0 fully saturated rings. The lowest BCUT2D eigenvalue weighted by molar-refractivity contribution is 0.164. The Bertz CT molecular complexity index is 319. The van der Waals surface area contributed by atoms with Crippen molar-refractivity contribution in [2.75, 3.05) is 25.6 Å². The fourth-order valence-corrected chi connectivity index (χ4v) is 1.44. The molecule has 15 heavy (non-hydrogen) atoms. The molecule has 1 unspecified atom stereocenters. The predicted molar refractivity (Wildman–Crippen MR) is 60.9 cm³/mol. The van der Waals surface area contributed by atoms with Crippen molar-refractivity contribution in [3.63, 3.8) is 0 Å². The molecule has 0 spiro atoms. The number of rotatable bonds is 5. The molecule has 0 amide bonds. The first kappa shape index (κ1) is 12.3. The second-order valence-corrected chi connectivity index (χ2v) is 3.97. The summed E-state index contributed by atoms with van der Waals surface area (Å²) in [4.78, 5) is 0. The van der Waals surface area contributed by atoms with Crippen molar-refractivity contribution in [1.29, 1.82) is 0 Å². The molecule has 0 saturated carbocycles. The van der Waals surface area contributed by atoms with E-state index in [0.717, 1.165) is 0 Å². The van der Waals surface area contributed by atoms with Crippen LogP contribution >= 0.6 is 11.6 Å². The van der Waals surface area contributed by atoms with Crippen LogP contribution in [0.25, 0.3) is 0 Å². The van der Waals surface area contributed by atoms with Crippen molar-refractivity contribution < 1.29 is 9.13 Å². The third-order valence-corrected chi connectivity index (χ3v) is 2.35. The Morgan fingerprint density at radius 1 is 1.53 bits per heavy atom. The zero-order valence-electron chi connectivity index (χ0n) is 8.89. The summed E-state index contributed by atoms with van der Waals surface area (Å²) in [5.41, 5.74) is 0.625. The quantitative estimate of drug-likeness (QED) is 0.841. The molecule has 0 saturated heterocycles. The van der Waals surface area contributed by atoms with Gasteiger partial charge in [-0.15, -0.1) is 0 Å². The number of benzene rings is 1. The van der Waals surface area contributed by atoms with Crippen LogP contribution in [0, 0.1) is 11.7 Å². The first-order valence-corrected chi connectivity index (χ1v) is 5.19. The summed E-state index contributed by atoms with van der Waals surface area (Å²) in [5, 5.41) is 3.62. The molecular formula is C11H15ClFNO. The van der Waals surface area contributed by atoms with Gasteiger partial charge in [0.2, 0.25) is 0 Å². The molecule has 1 rings (SSSR count). The number of ether oxygens (including phenoxy) is 1. The number of hydrogen-bond donors (Lipinski definition) is 1. The molecule has 1 aromatic carbocycles. The van der Waals surface area contributed by atoms with Crippen molar-refractivity contribution in [2.24, 2.45) is 5.92 Å². The Kier molecular flexibility index (Phi) is 4.85. The highest BCUT2D eigenvalue weighted by Crippen LogP contribution is 2.22. The van der Waals surface area contributed by atoms with Crippen molar-refractivity contribution in [3.8, 4) is 0 Å². The lowest BCUT2D eigenvalue weighted by Gasteiger charge is -2.13. The summed E-state index contributed by atoms with van der Waals surface area (Å²) >= 11 is 5.90. The van der Waals surface area contributed by atoms with Gasteiger partial charge in [-0.05, 0) is 24.1 Å². The molecule has 0 bridgehead atoms. The van der Waals surface area contributed by atoms with Gasteiger partial charge < -0.3 is 10.1 Å². The topological polar surface area (TPSA) is 21.3 Å². The monoisotopic (exact) mass is 231 g/mol. The number of anilines is 1. The number of nitrogens with one attached hydrogen (secondary N) is 1. The van der Waals surface area contributed by atoms with E-state index >= 15 is 0 Å². The molecule has 0 aliphatic heterocycles. The fourth-order valence-electron chi connectivity index (χ4n) is 1.26. The molecular weight excluding hydrogens is 217 g/mol. The Labute approximate surface area is 94.4 Å². The summed E-state index contributed by atoms with van der Waals surface area (Å²) in [6.07, 6.45) is 0. The average molecular weight is 232 g/mol.